The van der Waals surface area contributed by atoms with E-state index in [1.807, 2.05) is 36.6 Å². The summed E-state index contributed by atoms with van der Waals surface area (Å²) in [5.41, 5.74) is 3.07. The zero-order valence-corrected chi connectivity index (χ0v) is 12.2. The number of hydrogen-bond acceptors (Lipinski definition) is 4. The molecule has 0 saturated heterocycles. The molecule has 5 heteroatoms. The number of carbonyl (C=O) groups is 1. The molecule has 104 valence electrons. The summed E-state index contributed by atoms with van der Waals surface area (Å²) in [6, 6.07) is 11.1. The summed E-state index contributed by atoms with van der Waals surface area (Å²) in [6.07, 6.45) is 3.19. The Morgan fingerprint density at radius 3 is 2.76 bits per heavy atom. The molecule has 3 rings (SSSR count). The molecule has 0 aliphatic heterocycles. The zero-order chi connectivity index (χ0) is 14.7. The Kier molecular flexibility index (Phi) is 3.75. The van der Waals surface area contributed by atoms with Crippen molar-refractivity contribution >= 4 is 22.9 Å². The fraction of sp³-hybridized carbons (Fsp3) is 0.0625. The first-order valence-corrected chi connectivity index (χ1v) is 7.35. The lowest BCUT2D eigenvalue weighted by atomic mass is 10.1. The van der Waals surface area contributed by atoms with Crippen molar-refractivity contribution in [1.29, 1.82) is 0 Å². The minimum atomic E-state index is -0.178. The number of nitrogens with one attached hydrogen (secondary N) is 1. The molecular formula is C16H13N3OS. The second-order valence-corrected chi connectivity index (χ2v) is 5.56. The number of aryl methyl sites for hydroxylation is 1. The van der Waals surface area contributed by atoms with E-state index in [2.05, 4.69) is 15.3 Å². The number of para-hydroxylation sites is 1. The van der Waals surface area contributed by atoms with Crippen molar-refractivity contribution in [2.75, 3.05) is 5.32 Å². The predicted octanol–water partition coefficient (Wildman–Crippen LogP) is 3.77. The Hall–Kier alpha value is -2.53. The number of nitrogens with zero attached hydrogens (tertiary/aromatic N) is 2. The molecule has 1 N–H and O–H groups in total. The van der Waals surface area contributed by atoms with Crippen molar-refractivity contribution in [3.8, 4) is 11.3 Å². The minimum Gasteiger partial charge on any atom is -0.321 e. The first-order valence-electron chi connectivity index (χ1n) is 6.47. The molecule has 0 saturated carbocycles. The molecule has 0 aliphatic rings. The van der Waals surface area contributed by atoms with Gasteiger partial charge in [0.1, 0.15) is 0 Å². The Balaban J connectivity index is 1.91. The number of pyridine rings is 1. The van der Waals surface area contributed by atoms with Crippen molar-refractivity contribution in [2.24, 2.45) is 0 Å². The van der Waals surface area contributed by atoms with E-state index in [0.29, 0.717) is 5.56 Å². The SMILES string of the molecule is Cc1nc(-c2ccccc2NC(=O)c2cccnc2)cs1. The van der Waals surface area contributed by atoms with E-state index in [0.717, 1.165) is 22.0 Å². The number of anilines is 1. The standard InChI is InChI=1S/C16H13N3OS/c1-11-18-15(10-21-11)13-6-2-3-7-14(13)19-16(20)12-5-4-8-17-9-12/h2-10H,1H3,(H,19,20). The summed E-state index contributed by atoms with van der Waals surface area (Å²) in [4.78, 5) is 20.7. The van der Waals surface area contributed by atoms with Crippen LogP contribution in [0.2, 0.25) is 0 Å². The van der Waals surface area contributed by atoms with Gasteiger partial charge in [-0.1, -0.05) is 18.2 Å². The van der Waals surface area contributed by atoms with Crippen LogP contribution in [0.5, 0.6) is 0 Å². The first kappa shape index (κ1) is 13.5. The summed E-state index contributed by atoms with van der Waals surface area (Å²) in [7, 11) is 0. The van der Waals surface area contributed by atoms with Gasteiger partial charge in [0.15, 0.2) is 0 Å². The number of aromatic nitrogens is 2. The molecule has 0 radical (unpaired) electrons. The molecule has 2 heterocycles. The maximum atomic E-state index is 12.2. The average Bonchev–Trinajstić information content (AvgIpc) is 2.95. The molecule has 2 aromatic heterocycles. The van der Waals surface area contributed by atoms with Gasteiger partial charge in [-0.2, -0.15) is 0 Å². The molecule has 1 amide bonds. The van der Waals surface area contributed by atoms with Gasteiger partial charge in [0.25, 0.3) is 5.91 Å². The largest absolute Gasteiger partial charge is 0.321 e. The molecule has 4 nitrogen and oxygen atoms in total. The molecule has 0 fully saturated rings. The van der Waals surface area contributed by atoms with Crippen molar-refractivity contribution in [3.05, 3.63) is 64.7 Å². The summed E-state index contributed by atoms with van der Waals surface area (Å²) in [5.74, 6) is -0.178. The highest BCUT2D eigenvalue weighted by Gasteiger charge is 2.11. The fourth-order valence-corrected chi connectivity index (χ4v) is 2.61. The summed E-state index contributed by atoms with van der Waals surface area (Å²) >= 11 is 1.59. The summed E-state index contributed by atoms with van der Waals surface area (Å²) in [6.45, 7) is 1.96. The lowest BCUT2D eigenvalue weighted by Gasteiger charge is -2.09. The van der Waals surface area contributed by atoms with Crippen LogP contribution in [0.4, 0.5) is 5.69 Å². The van der Waals surface area contributed by atoms with Crippen LogP contribution in [-0.2, 0) is 0 Å². The van der Waals surface area contributed by atoms with Crippen LogP contribution in [0.15, 0.2) is 54.2 Å². The maximum absolute atomic E-state index is 12.2. The number of thiazole rings is 1. The van der Waals surface area contributed by atoms with Gasteiger partial charge < -0.3 is 5.32 Å². The van der Waals surface area contributed by atoms with E-state index in [1.54, 1.807) is 35.9 Å². The second-order valence-electron chi connectivity index (χ2n) is 4.49. The summed E-state index contributed by atoms with van der Waals surface area (Å²) in [5, 5.41) is 5.91. The normalized spacial score (nSPS) is 10.3. The van der Waals surface area contributed by atoms with Crippen LogP contribution in [0.3, 0.4) is 0 Å². The number of hydrogen-bond donors (Lipinski definition) is 1. The second kappa shape index (κ2) is 5.85. The van der Waals surface area contributed by atoms with E-state index in [-0.39, 0.29) is 5.91 Å². The minimum absolute atomic E-state index is 0.178. The Morgan fingerprint density at radius 2 is 2.05 bits per heavy atom. The van der Waals surface area contributed by atoms with E-state index in [1.165, 1.54) is 0 Å². The fourth-order valence-electron chi connectivity index (χ4n) is 1.99. The molecule has 0 aliphatic carbocycles. The lowest BCUT2D eigenvalue weighted by Crippen LogP contribution is -2.12. The van der Waals surface area contributed by atoms with Crippen LogP contribution >= 0.6 is 11.3 Å². The van der Waals surface area contributed by atoms with Crippen LogP contribution in [0, 0.1) is 6.92 Å². The quantitative estimate of drug-likeness (QED) is 0.800. The van der Waals surface area contributed by atoms with Crippen molar-refractivity contribution < 1.29 is 4.79 Å². The van der Waals surface area contributed by atoms with Gasteiger partial charge >= 0.3 is 0 Å². The van der Waals surface area contributed by atoms with Gasteiger partial charge in [0.05, 0.1) is 22.0 Å². The van der Waals surface area contributed by atoms with Gasteiger partial charge in [0.2, 0.25) is 0 Å². The number of carbonyl (C=O) groups excluding carboxylic acids is 1. The molecule has 0 bridgehead atoms. The predicted molar refractivity (Wildman–Crippen MR) is 84.5 cm³/mol. The molecule has 21 heavy (non-hydrogen) atoms. The van der Waals surface area contributed by atoms with Crippen LogP contribution < -0.4 is 5.32 Å². The van der Waals surface area contributed by atoms with Gasteiger partial charge in [-0.15, -0.1) is 11.3 Å². The Bertz CT molecular complexity index is 768. The number of rotatable bonds is 3. The zero-order valence-electron chi connectivity index (χ0n) is 11.4. The third-order valence-electron chi connectivity index (χ3n) is 2.99. The molecule has 0 unspecified atom stereocenters. The molecule has 3 aromatic rings. The maximum Gasteiger partial charge on any atom is 0.257 e. The van der Waals surface area contributed by atoms with E-state index in [9.17, 15) is 4.79 Å². The van der Waals surface area contributed by atoms with Gasteiger partial charge in [-0.25, -0.2) is 4.98 Å². The molecule has 0 spiro atoms. The van der Waals surface area contributed by atoms with Crippen molar-refractivity contribution in [2.45, 2.75) is 6.92 Å². The molecule has 0 atom stereocenters. The topological polar surface area (TPSA) is 54.9 Å². The molecule has 1 aromatic carbocycles. The molecular weight excluding hydrogens is 282 g/mol. The number of benzene rings is 1. The highest BCUT2D eigenvalue weighted by atomic mass is 32.1. The first-order chi connectivity index (χ1) is 10.2. The van der Waals surface area contributed by atoms with Crippen LogP contribution in [0.25, 0.3) is 11.3 Å². The van der Waals surface area contributed by atoms with Crippen molar-refractivity contribution in [1.82, 2.24) is 9.97 Å². The highest BCUT2D eigenvalue weighted by molar-refractivity contribution is 7.09. The van der Waals surface area contributed by atoms with E-state index < -0.39 is 0 Å². The monoisotopic (exact) mass is 295 g/mol. The third kappa shape index (κ3) is 2.98. The van der Waals surface area contributed by atoms with E-state index in [4.69, 9.17) is 0 Å². The lowest BCUT2D eigenvalue weighted by molar-refractivity contribution is 0.102. The van der Waals surface area contributed by atoms with E-state index >= 15 is 0 Å². The highest BCUT2D eigenvalue weighted by Crippen LogP contribution is 2.29. The number of amides is 1. The van der Waals surface area contributed by atoms with Gasteiger partial charge in [0, 0.05) is 23.3 Å². The van der Waals surface area contributed by atoms with Crippen LogP contribution in [0.1, 0.15) is 15.4 Å². The van der Waals surface area contributed by atoms with Crippen molar-refractivity contribution in [3.63, 3.8) is 0 Å². The smallest absolute Gasteiger partial charge is 0.257 e. The van der Waals surface area contributed by atoms with Gasteiger partial charge in [-0.05, 0) is 25.1 Å². The Labute approximate surface area is 126 Å². The summed E-state index contributed by atoms with van der Waals surface area (Å²) < 4.78 is 0. The average molecular weight is 295 g/mol. The third-order valence-corrected chi connectivity index (χ3v) is 3.77. The van der Waals surface area contributed by atoms with Gasteiger partial charge in [-0.3, -0.25) is 9.78 Å². The Morgan fingerprint density at radius 1 is 1.19 bits per heavy atom. The van der Waals surface area contributed by atoms with Crippen LogP contribution in [-0.4, -0.2) is 15.9 Å².